The van der Waals surface area contributed by atoms with Crippen LogP contribution in [0.4, 0.5) is 0 Å². The maximum Gasteiger partial charge on any atom is 0.00923 e. The fraction of sp³-hybridized carbons (Fsp3) is 0.692. The maximum absolute atomic E-state index is 2.67. The van der Waals surface area contributed by atoms with Crippen LogP contribution in [-0.4, -0.2) is 0 Å². The molecule has 0 saturated heterocycles. The highest BCUT2D eigenvalue weighted by Crippen LogP contribution is 2.39. The Balaban J connectivity index is 2.86. The van der Waals surface area contributed by atoms with Gasteiger partial charge in [-0.05, 0) is 125 Å². The minimum atomic E-state index is 0.463. The second-order valence-electron chi connectivity index (χ2n) is 15.2. The molecule has 0 aliphatic heterocycles. The molecule has 0 nitrogen and oxygen atoms in total. The molecule has 0 aliphatic carbocycles. The van der Waals surface area contributed by atoms with E-state index in [2.05, 4.69) is 114 Å². The first-order chi connectivity index (χ1) is 18.2. The van der Waals surface area contributed by atoms with E-state index in [1.165, 1.54) is 38.5 Å². The van der Waals surface area contributed by atoms with Gasteiger partial charge in [-0.1, -0.05) is 114 Å². The molecule has 2 aromatic carbocycles. The molecular formula is C39H64. The van der Waals surface area contributed by atoms with Crippen LogP contribution in [0.3, 0.4) is 0 Å². The molecule has 0 N–H and O–H groups in total. The number of rotatable bonds is 15. The highest BCUT2D eigenvalue weighted by molar-refractivity contribution is 5.49. The molecule has 0 fully saturated rings. The van der Waals surface area contributed by atoms with Crippen LogP contribution in [0.5, 0.6) is 0 Å². The number of benzene rings is 2. The Morgan fingerprint density at radius 3 is 0.821 bits per heavy atom. The molecule has 0 atom stereocenters. The van der Waals surface area contributed by atoms with Crippen molar-refractivity contribution in [1.82, 2.24) is 0 Å². The van der Waals surface area contributed by atoms with E-state index in [0.717, 1.165) is 6.42 Å². The summed E-state index contributed by atoms with van der Waals surface area (Å²) in [5, 5.41) is 0. The van der Waals surface area contributed by atoms with Gasteiger partial charge in [0.1, 0.15) is 0 Å². The summed E-state index contributed by atoms with van der Waals surface area (Å²) >= 11 is 0. The molecule has 0 heterocycles. The van der Waals surface area contributed by atoms with Crippen molar-refractivity contribution in [2.24, 2.45) is 35.5 Å². The topological polar surface area (TPSA) is 0 Å². The van der Waals surface area contributed by atoms with Crippen molar-refractivity contribution in [3.05, 3.63) is 68.8 Å². The van der Waals surface area contributed by atoms with Crippen LogP contribution in [0.25, 0.3) is 0 Å². The van der Waals surface area contributed by atoms with E-state index in [1.807, 2.05) is 0 Å². The predicted octanol–water partition coefficient (Wildman–Crippen LogP) is 11.4. The lowest BCUT2D eigenvalue weighted by atomic mass is 9.76. The van der Waals surface area contributed by atoms with Crippen LogP contribution in [0, 0.1) is 35.5 Å². The fourth-order valence-corrected chi connectivity index (χ4v) is 6.53. The average molecular weight is 533 g/mol. The first kappa shape index (κ1) is 33.6. The lowest BCUT2D eigenvalue weighted by Crippen LogP contribution is -2.15. The highest BCUT2D eigenvalue weighted by Gasteiger charge is 2.24. The third-order valence-electron chi connectivity index (χ3n) is 7.85. The van der Waals surface area contributed by atoms with Gasteiger partial charge in [0.25, 0.3) is 0 Å². The standard InChI is InChI=1S/C39H64/c1-14-37(38-23-33(17-27(6)7)31(15-25(2)3)21-35(38)19-29(10)11)39-24-34(18-28(8)9)32(16-26(4)5)22-36(39)20-30(12)13/h21-30,37H,14-20H2,1-13H3. The van der Waals surface area contributed by atoms with E-state index in [4.69, 9.17) is 0 Å². The van der Waals surface area contributed by atoms with E-state index in [9.17, 15) is 0 Å². The second-order valence-corrected chi connectivity index (χ2v) is 15.2. The normalized spacial score (nSPS) is 12.5. The number of hydrogen-bond acceptors (Lipinski definition) is 0. The zero-order valence-electron chi connectivity index (χ0n) is 28.3. The summed E-state index contributed by atoms with van der Waals surface area (Å²) in [4.78, 5) is 0. The quantitative estimate of drug-likeness (QED) is 0.214. The molecule has 39 heavy (non-hydrogen) atoms. The summed E-state index contributed by atoms with van der Waals surface area (Å²) in [5.74, 6) is 4.48. The van der Waals surface area contributed by atoms with Crippen molar-refractivity contribution in [3.8, 4) is 0 Å². The zero-order chi connectivity index (χ0) is 29.4. The van der Waals surface area contributed by atoms with Gasteiger partial charge in [0.15, 0.2) is 0 Å². The van der Waals surface area contributed by atoms with Crippen molar-refractivity contribution in [2.45, 2.75) is 141 Å². The monoisotopic (exact) mass is 533 g/mol. The van der Waals surface area contributed by atoms with E-state index < -0.39 is 0 Å². The van der Waals surface area contributed by atoms with Gasteiger partial charge >= 0.3 is 0 Å². The van der Waals surface area contributed by atoms with Crippen LogP contribution in [0.2, 0.25) is 0 Å². The SMILES string of the molecule is CCC(c1cc(CC(C)C)c(CC(C)C)cc1CC(C)C)c1cc(CC(C)C)c(CC(C)C)cc1CC(C)C. The van der Waals surface area contributed by atoms with Gasteiger partial charge in [-0.15, -0.1) is 0 Å². The van der Waals surface area contributed by atoms with E-state index in [1.54, 1.807) is 44.5 Å². The first-order valence-electron chi connectivity index (χ1n) is 16.5. The Labute approximate surface area is 244 Å². The van der Waals surface area contributed by atoms with Gasteiger partial charge in [0.2, 0.25) is 0 Å². The third-order valence-corrected chi connectivity index (χ3v) is 7.85. The van der Waals surface area contributed by atoms with E-state index >= 15 is 0 Å². The summed E-state index contributed by atoms with van der Waals surface area (Å²) in [6.07, 6.45) is 8.23. The van der Waals surface area contributed by atoms with Crippen molar-refractivity contribution in [2.75, 3.05) is 0 Å². The molecular weight excluding hydrogens is 468 g/mol. The predicted molar refractivity (Wildman–Crippen MR) is 176 cm³/mol. The molecule has 0 amide bonds. The van der Waals surface area contributed by atoms with Crippen LogP contribution >= 0.6 is 0 Å². The largest absolute Gasteiger partial charge is 0.0645 e. The summed E-state index contributed by atoms with van der Waals surface area (Å²) in [6, 6.07) is 10.6. The van der Waals surface area contributed by atoms with Gasteiger partial charge in [-0.2, -0.15) is 0 Å². The molecule has 2 rings (SSSR count). The molecule has 0 radical (unpaired) electrons. The third kappa shape index (κ3) is 10.4. The Kier molecular flexibility index (Phi) is 13.3. The molecule has 0 heteroatoms. The minimum Gasteiger partial charge on any atom is -0.0645 e. The van der Waals surface area contributed by atoms with Gasteiger partial charge in [0, 0.05) is 5.92 Å². The Bertz CT molecular complexity index is 933. The summed E-state index contributed by atoms with van der Waals surface area (Å²) < 4.78 is 0. The maximum atomic E-state index is 2.67. The lowest BCUT2D eigenvalue weighted by molar-refractivity contribution is 0.599. The summed E-state index contributed by atoms with van der Waals surface area (Å²) in [6.45, 7) is 31.0. The van der Waals surface area contributed by atoms with Crippen molar-refractivity contribution in [3.63, 3.8) is 0 Å². The smallest absolute Gasteiger partial charge is 0.00923 e. The van der Waals surface area contributed by atoms with Crippen LogP contribution in [0.1, 0.15) is 147 Å². The Morgan fingerprint density at radius 2 is 0.590 bits per heavy atom. The van der Waals surface area contributed by atoms with Gasteiger partial charge in [0.05, 0.1) is 0 Å². The average Bonchev–Trinajstić information content (AvgIpc) is 2.77. The van der Waals surface area contributed by atoms with Crippen LogP contribution in [-0.2, 0) is 38.5 Å². The lowest BCUT2D eigenvalue weighted by Gasteiger charge is -2.28. The molecule has 0 aromatic heterocycles. The van der Waals surface area contributed by atoms with Gasteiger partial charge in [-0.25, -0.2) is 0 Å². The molecule has 0 unspecified atom stereocenters. The van der Waals surface area contributed by atoms with E-state index in [0.29, 0.717) is 41.4 Å². The molecule has 0 bridgehead atoms. The molecule has 0 spiro atoms. The highest BCUT2D eigenvalue weighted by atomic mass is 14.3. The van der Waals surface area contributed by atoms with Crippen molar-refractivity contribution in [1.29, 1.82) is 0 Å². The molecule has 0 saturated carbocycles. The van der Waals surface area contributed by atoms with E-state index in [-0.39, 0.29) is 0 Å². The van der Waals surface area contributed by atoms with Crippen molar-refractivity contribution >= 4 is 0 Å². The first-order valence-corrected chi connectivity index (χ1v) is 16.5. The zero-order valence-corrected chi connectivity index (χ0v) is 28.3. The fourth-order valence-electron chi connectivity index (χ4n) is 6.53. The molecule has 220 valence electrons. The van der Waals surface area contributed by atoms with Crippen molar-refractivity contribution < 1.29 is 0 Å². The summed E-state index contributed by atoms with van der Waals surface area (Å²) in [7, 11) is 0. The van der Waals surface area contributed by atoms with Gasteiger partial charge < -0.3 is 0 Å². The Hall–Kier alpha value is -1.56. The van der Waals surface area contributed by atoms with Gasteiger partial charge in [-0.3, -0.25) is 0 Å². The molecule has 0 aliphatic rings. The second kappa shape index (κ2) is 15.4. The van der Waals surface area contributed by atoms with Crippen LogP contribution < -0.4 is 0 Å². The Morgan fingerprint density at radius 1 is 0.359 bits per heavy atom. The molecule has 2 aromatic rings. The summed E-state index contributed by atoms with van der Waals surface area (Å²) in [5.41, 5.74) is 12.8. The minimum absolute atomic E-state index is 0.463. The number of hydrogen-bond donors (Lipinski definition) is 0. The van der Waals surface area contributed by atoms with Crippen LogP contribution in [0.15, 0.2) is 24.3 Å².